The summed E-state index contributed by atoms with van der Waals surface area (Å²) in [6, 6.07) is 4.66. The second kappa shape index (κ2) is 7.00. The Kier molecular flexibility index (Phi) is 5.30. The van der Waals surface area contributed by atoms with Crippen LogP contribution < -0.4 is 10.2 Å². The fourth-order valence-electron chi connectivity index (χ4n) is 1.75. The third kappa shape index (κ3) is 4.01. The molecule has 0 spiro atoms. The van der Waals surface area contributed by atoms with Crippen LogP contribution in [0.1, 0.15) is 13.8 Å². The van der Waals surface area contributed by atoms with Gasteiger partial charge in [0.25, 0.3) is 0 Å². The number of hydrogen-bond donors (Lipinski definition) is 1. The molecule has 0 fully saturated rings. The van der Waals surface area contributed by atoms with Crippen LogP contribution in [0, 0.1) is 5.82 Å². The number of halogens is 3. The van der Waals surface area contributed by atoms with Gasteiger partial charge in [-0.2, -0.15) is 15.0 Å². The molecule has 0 bridgehead atoms. The molecule has 0 radical (unpaired) electrons. The Labute approximate surface area is 135 Å². The molecule has 5 nitrogen and oxygen atoms in total. The maximum absolute atomic E-state index is 13.5. The van der Waals surface area contributed by atoms with Gasteiger partial charge in [-0.15, -0.1) is 0 Å². The summed E-state index contributed by atoms with van der Waals surface area (Å²) in [6.45, 7) is 5.50. The fraction of sp³-hybridized carbons (Fsp3) is 0.308. The number of anilines is 3. The minimum absolute atomic E-state index is 0.0898. The summed E-state index contributed by atoms with van der Waals surface area (Å²) < 4.78 is 13.9. The summed E-state index contributed by atoms with van der Waals surface area (Å²) in [5.74, 6) is 0.392. The third-order valence-electron chi connectivity index (χ3n) is 2.82. The second-order valence-electron chi connectivity index (χ2n) is 4.15. The van der Waals surface area contributed by atoms with E-state index in [1.165, 1.54) is 6.07 Å². The summed E-state index contributed by atoms with van der Waals surface area (Å²) >= 11 is 9.02. The van der Waals surface area contributed by atoms with Crippen LogP contribution >= 0.6 is 27.5 Å². The van der Waals surface area contributed by atoms with Gasteiger partial charge in [0.1, 0.15) is 5.82 Å². The van der Waals surface area contributed by atoms with E-state index in [-0.39, 0.29) is 17.0 Å². The van der Waals surface area contributed by atoms with Crippen LogP contribution in [0.5, 0.6) is 0 Å². The Morgan fingerprint density at radius 2 is 1.95 bits per heavy atom. The van der Waals surface area contributed by atoms with E-state index in [2.05, 4.69) is 36.2 Å². The van der Waals surface area contributed by atoms with Gasteiger partial charge in [-0.1, -0.05) is 0 Å². The predicted molar refractivity (Wildman–Crippen MR) is 85.8 cm³/mol. The molecule has 1 aromatic heterocycles. The first-order valence-electron chi connectivity index (χ1n) is 6.42. The van der Waals surface area contributed by atoms with E-state index in [4.69, 9.17) is 11.6 Å². The van der Waals surface area contributed by atoms with Crippen molar-refractivity contribution in [3.05, 3.63) is 33.8 Å². The summed E-state index contributed by atoms with van der Waals surface area (Å²) in [6.07, 6.45) is 0. The molecular weight excluding hydrogens is 361 g/mol. The minimum Gasteiger partial charge on any atom is -0.341 e. The molecule has 0 saturated heterocycles. The van der Waals surface area contributed by atoms with Crippen molar-refractivity contribution in [2.75, 3.05) is 23.3 Å². The highest BCUT2D eigenvalue weighted by Crippen LogP contribution is 2.22. The van der Waals surface area contributed by atoms with Crippen LogP contribution in [0.4, 0.5) is 22.0 Å². The van der Waals surface area contributed by atoms with Gasteiger partial charge in [-0.05, 0) is 59.6 Å². The van der Waals surface area contributed by atoms with E-state index >= 15 is 0 Å². The number of aromatic nitrogens is 3. The maximum Gasteiger partial charge on any atom is 0.233 e. The average molecular weight is 375 g/mol. The lowest BCUT2D eigenvalue weighted by molar-refractivity contribution is 0.622. The monoisotopic (exact) mass is 373 g/mol. The fourth-order valence-corrected chi connectivity index (χ4v) is 2.15. The highest BCUT2D eigenvalue weighted by molar-refractivity contribution is 9.10. The van der Waals surface area contributed by atoms with E-state index in [0.29, 0.717) is 16.1 Å². The van der Waals surface area contributed by atoms with Crippen LogP contribution in [0.3, 0.4) is 0 Å². The summed E-state index contributed by atoms with van der Waals surface area (Å²) in [5, 5.41) is 3.01. The smallest absolute Gasteiger partial charge is 0.233 e. The van der Waals surface area contributed by atoms with Gasteiger partial charge in [0.2, 0.25) is 17.2 Å². The number of rotatable bonds is 5. The average Bonchev–Trinajstić information content (AvgIpc) is 2.44. The summed E-state index contributed by atoms with van der Waals surface area (Å²) in [7, 11) is 0. The lowest BCUT2D eigenvalue weighted by atomic mass is 10.3. The van der Waals surface area contributed by atoms with E-state index in [9.17, 15) is 4.39 Å². The Hall–Kier alpha value is -1.47. The highest BCUT2D eigenvalue weighted by Gasteiger charge is 2.11. The van der Waals surface area contributed by atoms with Crippen molar-refractivity contribution in [2.45, 2.75) is 13.8 Å². The SMILES string of the molecule is CCN(CC)c1nc(Cl)nc(Nc2ccc(Br)c(F)c2)n1. The van der Waals surface area contributed by atoms with Crippen molar-refractivity contribution >= 4 is 45.1 Å². The van der Waals surface area contributed by atoms with Crippen molar-refractivity contribution in [1.29, 1.82) is 0 Å². The standard InChI is InChI=1S/C13H14BrClFN5/c1-3-21(4-2)13-19-11(15)18-12(20-13)17-8-5-6-9(14)10(16)7-8/h5-7H,3-4H2,1-2H3,(H,17,18,19,20). The summed E-state index contributed by atoms with van der Waals surface area (Å²) in [4.78, 5) is 14.3. The molecule has 2 rings (SSSR count). The lowest BCUT2D eigenvalue weighted by Crippen LogP contribution is -2.24. The molecule has 0 saturated carbocycles. The van der Waals surface area contributed by atoms with Gasteiger partial charge in [-0.25, -0.2) is 4.39 Å². The van der Waals surface area contributed by atoms with Crippen molar-refractivity contribution in [1.82, 2.24) is 15.0 Å². The quantitative estimate of drug-likeness (QED) is 0.857. The van der Waals surface area contributed by atoms with Crippen molar-refractivity contribution < 1.29 is 4.39 Å². The van der Waals surface area contributed by atoms with Gasteiger partial charge in [0.15, 0.2) is 0 Å². The second-order valence-corrected chi connectivity index (χ2v) is 5.35. The van der Waals surface area contributed by atoms with Crippen LogP contribution in [0.2, 0.25) is 5.28 Å². The van der Waals surface area contributed by atoms with Crippen molar-refractivity contribution in [2.24, 2.45) is 0 Å². The number of nitrogens with one attached hydrogen (secondary N) is 1. The molecule has 0 aliphatic carbocycles. The zero-order valence-electron chi connectivity index (χ0n) is 11.6. The number of hydrogen-bond acceptors (Lipinski definition) is 5. The topological polar surface area (TPSA) is 53.9 Å². The molecule has 1 heterocycles. The maximum atomic E-state index is 13.5. The Morgan fingerprint density at radius 1 is 1.24 bits per heavy atom. The molecule has 0 aliphatic rings. The van der Waals surface area contributed by atoms with Crippen molar-refractivity contribution in [3.8, 4) is 0 Å². The zero-order chi connectivity index (χ0) is 15.4. The van der Waals surface area contributed by atoms with E-state index in [1.807, 2.05) is 18.7 Å². The van der Waals surface area contributed by atoms with E-state index < -0.39 is 0 Å². The lowest BCUT2D eigenvalue weighted by Gasteiger charge is -2.18. The van der Waals surface area contributed by atoms with Crippen LogP contribution in [-0.2, 0) is 0 Å². The van der Waals surface area contributed by atoms with Gasteiger partial charge in [0, 0.05) is 18.8 Å². The highest BCUT2D eigenvalue weighted by atomic mass is 79.9. The molecule has 0 aliphatic heterocycles. The van der Waals surface area contributed by atoms with Crippen LogP contribution in [0.25, 0.3) is 0 Å². The molecule has 1 N–H and O–H groups in total. The predicted octanol–water partition coefficient (Wildman–Crippen LogP) is 4.02. The largest absolute Gasteiger partial charge is 0.341 e. The van der Waals surface area contributed by atoms with E-state index in [1.54, 1.807) is 12.1 Å². The molecule has 8 heteroatoms. The first-order chi connectivity index (χ1) is 10.0. The van der Waals surface area contributed by atoms with Crippen LogP contribution in [0.15, 0.2) is 22.7 Å². The van der Waals surface area contributed by atoms with Crippen LogP contribution in [-0.4, -0.2) is 28.0 Å². The molecule has 0 amide bonds. The molecule has 1 aromatic carbocycles. The van der Waals surface area contributed by atoms with Gasteiger partial charge >= 0.3 is 0 Å². The normalized spacial score (nSPS) is 10.5. The first kappa shape index (κ1) is 15.9. The van der Waals surface area contributed by atoms with Gasteiger partial charge in [0.05, 0.1) is 4.47 Å². The molecule has 0 unspecified atom stereocenters. The van der Waals surface area contributed by atoms with Crippen molar-refractivity contribution in [3.63, 3.8) is 0 Å². The minimum atomic E-state index is -0.371. The Bertz CT molecular complexity index is 636. The molecule has 21 heavy (non-hydrogen) atoms. The molecule has 2 aromatic rings. The Balaban J connectivity index is 2.29. The third-order valence-corrected chi connectivity index (χ3v) is 3.63. The number of benzene rings is 1. The van der Waals surface area contributed by atoms with Gasteiger partial charge in [-0.3, -0.25) is 0 Å². The molecular formula is C13H14BrClFN5. The Morgan fingerprint density at radius 3 is 2.57 bits per heavy atom. The van der Waals surface area contributed by atoms with E-state index in [0.717, 1.165) is 13.1 Å². The number of nitrogens with zero attached hydrogens (tertiary/aromatic N) is 4. The van der Waals surface area contributed by atoms with Gasteiger partial charge < -0.3 is 10.2 Å². The molecule has 0 atom stereocenters. The first-order valence-corrected chi connectivity index (χ1v) is 7.59. The zero-order valence-corrected chi connectivity index (χ0v) is 13.9. The molecule has 112 valence electrons. The summed E-state index contributed by atoms with van der Waals surface area (Å²) in [5.41, 5.74) is 0.531.